The van der Waals surface area contributed by atoms with Crippen LogP contribution in [0.5, 0.6) is 5.75 Å². The lowest BCUT2D eigenvalue weighted by Gasteiger charge is -2.14. The molecule has 0 saturated heterocycles. The van der Waals surface area contributed by atoms with E-state index in [1.807, 2.05) is 43.3 Å². The second-order valence-electron chi connectivity index (χ2n) is 5.48. The number of aryl methyl sites for hydroxylation is 1. The van der Waals surface area contributed by atoms with Crippen molar-refractivity contribution in [2.45, 2.75) is 13.5 Å². The van der Waals surface area contributed by atoms with E-state index in [4.69, 9.17) is 4.74 Å². The van der Waals surface area contributed by atoms with Crippen molar-refractivity contribution in [2.24, 2.45) is 0 Å². The van der Waals surface area contributed by atoms with Gasteiger partial charge in [-0.2, -0.15) is 0 Å². The Morgan fingerprint density at radius 3 is 2.58 bits per heavy atom. The van der Waals surface area contributed by atoms with Crippen LogP contribution >= 0.6 is 0 Å². The van der Waals surface area contributed by atoms with Crippen molar-refractivity contribution in [3.05, 3.63) is 83.7 Å². The first-order valence-corrected chi connectivity index (χ1v) is 7.60. The van der Waals surface area contributed by atoms with E-state index < -0.39 is 5.97 Å². The molecular formula is C20H17NO3. The third kappa shape index (κ3) is 3.43. The maximum Gasteiger partial charge on any atom is 0.335 e. The van der Waals surface area contributed by atoms with Gasteiger partial charge in [-0.3, -0.25) is 4.98 Å². The summed E-state index contributed by atoms with van der Waals surface area (Å²) >= 11 is 0. The number of carbonyl (C=O) groups is 1. The van der Waals surface area contributed by atoms with Gasteiger partial charge in [-0.1, -0.05) is 30.3 Å². The fourth-order valence-electron chi connectivity index (χ4n) is 2.48. The number of pyridine rings is 1. The topological polar surface area (TPSA) is 59.4 Å². The SMILES string of the molecule is Cc1ccncc1-c1ccc(C(=O)O)cc1OCc1ccccc1. The molecule has 2 aromatic carbocycles. The van der Waals surface area contributed by atoms with Crippen LogP contribution in [-0.2, 0) is 6.61 Å². The van der Waals surface area contributed by atoms with Crippen LogP contribution in [0.15, 0.2) is 67.0 Å². The standard InChI is InChI=1S/C20H17NO3/c1-14-9-10-21-12-18(14)17-8-7-16(20(22)23)11-19(17)24-13-15-5-3-2-4-6-15/h2-12H,13H2,1H3,(H,22,23). The number of carboxylic acid groups (broad SMARTS) is 1. The highest BCUT2D eigenvalue weighted by molar-refractivity contribution is 5.90. The number of benzene rings is 2. The quantitative estimate of drug-likeness (QED) is 0.760. The number of ether oxygens (including phenoxy) is 1. The lowest BCUT2D eigenvalue weighted by molar-refractivity contribution is 0.0696. The maximum atomic E-state index is 11.3. The van der Waals surface area contributed by atoms with Crippen LogP contribution in [-0.4, -0.2) is 16.1 Å². The molecule has 0 aliphatic rings. The molecule has 0 aliphatic carbocycles. The number of rotatable bonds is 5. The van der Waals surface area contributed by atoms with Crippen LogP contribution in [0.1, 0.15) is 21.5 Å². The van der Waals surface area contributed by atoms with Crippen LogP contribution in [0.25, 0.3) is 11.1 Å². The number of hydrogen-bond donors (Lipinski definition) is 1. The van der Waals surface area contributed by atoms with Gasteiger partial charge in [0.1, 0.15) is 12.4 Å². The van der Waals surface area contributed by atoms with Crippen molar-refractivity contribution in [3.8, 4) is 16.9 Å². The molecule has 1 N–H and O–H groups in total. The summed E-state index contributed by atoms with van der Waals surface area (Å²) in [5.74, 6) is -0.441. The number of aromatic nitrogens is 1. The zero-order chi connectivity index (χ0) is 16.9. The van der Waals surface area contributed by atoms with Gasteiger partial charge in [0.2, 0.25) is 0 Å². The first kappa shape index (κ1) is 15.7. The highest BCUT2D eigenvalue weighted by atomic mass is 16.5. The largest absolute Gasteiger partial charge is 0.488 e. The van der Waals surface area contributed by atoms with Gasteiger partial charge in [0.15, 0.2) is 0 Å². The van der Waals surface area contributed by atoms with Crippen molar-refractivity contribution >= 4 is 5.97 Å². The monoisotopic (exact) mass is 319 g/mol. The predicted octanol–water partition coefficient (Wildman–Crippen LogP) is 4.33. The van der Waals surface area contributed by atoms with Crippen LogP contribution in [0.4, 0.5) is 0 Å². The molecule has 0 aliphatic heterocycles. The average molecular weight is 319 g/mol. The molecule has 0 fully saturated rings. The number of carboxylic acids is 1. The fourth-order valence-corrected chi connectivity index (χ4v) is 2.48. The van der Waals surface area contributed by atoms with Gasteiger partial charge in [-0.25, -0.2) is 4.79 Å². The molecule has 4 nitrogen and oxygen atoms in total. The highest BCUT2D eigenvalue weighted by Crippen LogP contribution is 2.33. The van der Waals surface area contributed by atoms with Gasteiger partial charge in [0, 0.05) is 23.5 Å². The van der Waals surface area contributed by atoms with Gasteiger partial charge in [-0.05, 0) is 42.3 Å². The zero-order valence-corrected chi connectivity index (χ0v) is 13.3. The van der Waals surface area contributed by atoms with Gasteiger partial charge < -0.3 is 9.84 Å². The first-order chi connectivity index (χ1) is 11.6. The van der Waals surface area contributed by atoms with E-state index in [0.29, 0.717) is 12.4 Å². The molecule has 0 amide bonds. The van der Waals surface area contributed by atoms with Crippen molar-refractivity contribution in [1.82, 2.24) is 4.98 Å². The zero-order valence-electron chi connectivity index (χ0n) is 13.3. The Morgan fingerprint density at radius 2 is 1.88 bits per heavy atom. The summed E-state index contributed by atoms with van der Waals surface area (Å²) < 4.78 is 5.93. The van der Waals surface area contributed by atoms with Crippen LogP contribution in [0.2, 0.25) is 0 Å². The molecule has 0 saturated carbocycles. The first-order valence-electron chi connectivity index (χ1n) is 7.60. The summed E-state index contributed by atoms with van der Waals surface area (Å²) in [7, 11) is 0. The summed E-state index contributed by atoms with van der Waals surface area (Å²) in [5, 5.41) is 9.24. The second kappa shape index (κ2) is 6.96. The molecule has 0 unspecified atom stereocenters. The Kier molecular flexibility index (Phi) is 4.57. The Balaban J connectivity index is 1.99. The molecule has 3 rings (SSSR count). The highest BCUT2D eigenvalue weighted by Gasteiger charge is 2.13. The Morgan fingerprint density at radius 1 is 1.08 bits per heavy atom. The molecule has 24 heavy (non-hydrogen) atoms. The maximum absolute atomic E-state index is 11.3. The fraction of sp³-hybridized carbons (Fsp3) is 0.100. The third-order valence-corrected chi connectivity index (χ3v) is 3.79. The molecule has 1 aromatic heterocycles. The summed E-state index contributed by atoms with van der Waals surface area (Å²) in [5.41, 5.74) is 4.03. The predicted molar refractivity (Wildman–Crippen MR) is 92.1 cm³/mol. The molecule has 1 heterocycles. The average Bonchev–Trinajstić information content (AvgIpc) is 2.61. The molecule has 3 aromatic rings. The smallest absolute Gasteiger partial charge is 0.335 e. The molecule has 0 atom stereocenters. The summed E-state index contributed by atoms with van der Waals surface area (Å²) in [4.78, 5) is 15.4. The van der Waals surface area contributed by atoms with Crippen LogP contribution < -0.4 is 4.74 Å². The van der Waals surface area contributed by atoms with Gasteiger partial charge in [0.05, 0.1) is 5.56 Å². The molecule has 0 radical (unpaired) electrons. The van der Waals surface area contributed by atoms with Crippen molar-refractivity contribution in [3.63, 3.8) is 0 Å². The molecular weight excluding hydrogens is 302 g/mol. The number of nitrogens with zero attached hydrogens (tertiary/aromatic N) is 1. The normalized spacial score (nSPS) is 10.4. The molecule has 4 heteroatoms. The van der Waals surface area contributed by atoms with Crippen LogP contribution in [0, 0.1) is 6.92 Å². The Bertz CT molecular complexity index is 860. The minimum atomic E-state index is -0.978. The van der Waals surface area contributed by atoms with E-state index in [2.05, 4.69) is 4.98 Å². The Labute approximate surface area is 140 Å². The van der Waals surface area contributed by atoms with Crippen molar-refractivity contribution in [2.75, 3.05) is 0 Å². The Hall–Kier alpha value is -3.14. The lowest BCUT2D eigenvalue weighted by atomic mass is 10.0. The molecule has 0 spiro atoms. The van der Waals surface area contributed by atoms with Gasteiger partial charge >= 0.3 is 5.97 Å². The molecule has 0 bridgehead atoms. The van der Waals surface area contributed by atoms with Gasteiger partial charge in [0.25, 0.3) is 0 Å². The van der Waals surface area contributed by atoms with E-state index in [1.165, 1.54) is 0 Å². The van der Waals surface area contributed by atoms with Crippen LogP contribution in [0.3, 0.4) is 0 Å². The summed E-state index contributed by atoms with van der Waals surface area (Å²) in [6, 6.07) is 16.6. The third-order valence-electron chi connectivity index (χ3n) is 3.79. The minimum absolute atomic E-state index is 0.198. The van der Waals surface area contributed by atoms with E-state index in [-0.39, 0.29) is 5.56 Å². The van der Waals surface area contributed by atoms with E-state index >= 15 is 0 Å². The van der Waals surface area contributed by atoms with E-state index in [1.54, 1.807) is 30.6 Å². The summed E-state index contributed by atoms with van der Waals surface area (Å²) in [6.07, 6.45) is 3.50. The van der Waals surface area contributed by atoms with E-state index in [9.17, 15) is 9.90 Å². The number of hydrogen-bond acceptors (Lipinski definition) is 3. The van der Waals surface area contributed by atoms with Gasteiger partial charge in [-0.15, -0.1) is 0 Å². The molecule has 120 valence electrons. The minimum Gasteiger partial charge on any atom is -0.488 e. The number of aromatic carboxylic acids is 1. The van der Waals surface area contributed by atoms with Crippen molar-refractivity contribution in [1.29, 1.82) is 0 Å². The lowest BCUT2D eigenvalue weighted by Crippen LogP contribution is -2.01. The van der Waals surface area contributed by atoms with Crippen molar-refractivity contribution < 1.29 is 14.6 Å². The second-order valence-corrected chi connectivity index (χ2v) is 5.48. The van der Waals surface area contributed by atoms with E-state index in [0.717, 1.165) is 22.3 Å². The summed E-state index contributed by atoms with van der Waals surface area (Å²) in [6.45, 7) is 2.36.